The van der Waals surface area contributed by atoms with Crippen LogP contribution in [0.3, 0.4) is 0 Å². The number of hydrogen-bond acceptors (Lipinski definition) is 2. The van der Waals surface area contributed by atoms with Gasteiger partial charge >= 0.3 is 0 Å². The van der Waals surface area contributed by atoms with Crippen LogP contribution in [0.5, 0.6) is 0 Å². The molecule has 0 bridgehead atoms. The van der Waals surface area contributed by atoms with Gasteiger partial charge < -0.3 is 10.6 Å². The molecule has 3 nitrogen and oxygen atoms in total. The molecule has 1 unspecified atom stereocenters. The first-order valence-corrected chi connectivity index (χ1v) is 7.29. The molecule has 1 amide bonds. The lowest BCUT2D eigenvalue weighted by Crippen LogP contribution is -2.34. The molecule has 0 aromatic carbocycles. The third kappa shape index (κ3) is 2.65. The second-order valence-electron chi connectivity index (χ2n) is 6.25. The molecule has 3 fully saturated rings. The molecule has 0 radical (unpaired) electrons. The molecular weight excluding hydrogens is 212 g/mol. The van der Waals surface area contributed by atoms with Crippen LogP contribution in [0.1, 0.15) is 44.9 Å². The van der Waals surface area contributed by atoms with Gasteiger partial charge in [0.15, 0.2) is 0 Å². The van der Waals surface area contributed by atoms with Gasteiger partial charge in [0, 0.05) is 12.5 Å². The Morgan fingerprint density at radius 2 is 2.06 bits per heavy atom. The number of nitrogens with one attached hydrogen (secondary N) is 2. The van der Waals surface area contributed by atoms with E-state index >= 15 is 0 Å². The fourth-order valence-corrected chi connectivity index (χ4v) is 3.33. The van der Waals surface area contributed by atoms with Gasteiger partial charge in [-0.15, -0.1) is 0 Å². The lowest BCUT2D eigenvalue weighted by atomic mass is 9.92. The van der Waals surface area contributed by atoms with Crippen LogP contribution in [-0.2, 0) is 4.79 Å². The van der Waals surface area contributed by atoms with E-state index in [1.54, 1.807) is 0 Å². The van der Waals surface area contributed by atoms with Crippen molar-refractivity contribution in [1.29, 1.82) is 0 Å². The lowest BCUT2D eigenvalue weighted by molar-refractivity contribution is -0.123. The Hall–Kier alpha value is -0.570. The fourth-order valence-electron chi connectivity index (χ4n) is 3.33. The largest absolute Gasteiger partial charge is 0.356 e. The highest BCUT2D eigenvalue weighted by Gasteiger charge is 2.57. The highest BCUT2D eigenvalue weighted by atomic mass is 16.2. The van der Waals surface area contributed by atoms with Crippen molar-refractivity contribution in [3.05, 3.63) is 0 Å². The van der Waals surface area contributed by atoms with Crippen molar-refractivity contribution in [2.45, 2.75) is 44.9 Å². The smallest absolute Gasteiger partial charge is 0.223 e. The number of carbonyl (C=O) groups is 1. The summed E-state index contributed by atoms with van der Waals surface area (Å²) in [4.78, 5) is 12.0. The van der Waals surface area contributed by atoms with Crippen LogP contribution in [0, 0.1) is 17.3 Å². The van der Waals surface area contributed by atoms with E-state index < -0.39 is 0 Å². The quantitative estimate of drug-likeness (QED) is 0.713. The molecule has 3 rings (SSSR count). The maximum Gasteiger partial charge on any atom is 0.223 e. The van der Waals surface area contributed by atoms with E-state index in [0.717, 1.165) is 32.0 Å². The molecule has 2 aliphatic carbocycles. The Balaban J connectivity index is 1.35. The molecule has 17 heavy (non-hydrogen) atoms. The summed E-state index contributed by atoms with van der Waals surface area (Å²) in [5, 5.41) is 6.52. The highest BCUT2D eigenvalue weighted by molar-refractivity contribution is 5.82. The molecule has 1 spiro atoms. The highest BCUT2D eigenvalue weighted by Crippen LogP contribution is 2.58. The second kappa shape index (κ2) is 4.60. The zero-order chi connectivity index (χ0) is 11.7. The van der Waals surface area contributed by atoms with E-state index in [0.29, 0.717) is 17.2 Å². The third-order valence-electron chi connectivity index (χ3n) is 4.89. The van der Waals surface area contributed by atoms with Gasteiger partial charge in [-0.3, -0.25) is 4.79 Å². The van der Waals surface area contributed by atoms with Gasteiger partial charge in [0.05, 0.1) is 0 Å². The number of hydrogen-bond donors (Lipinski definition) is 2. The molecular formula is C14H24N2O. The van der Waals surface area contributed by atoms with Crippen molar-refractivity contribution in [3.8, 4) is 0 Å². The Morgan fingerprint density at radius 3 is 2.76 bits per heavy atom. The summed E-state index contributed by atoms with van der Waals surface area (Å²) < 4.78 is 0. The van der Waals surface area contributed by atoms with Gasteiger partial charge in [0.25, 0.3) is 0 Å². The van der Waals surface area contributed by atoms with E-state index in [1.165, 1.54) is 38.5 Å². The van der Waals surface area contributed by atoms with Crippen molar-refractivity contribution in [2.75, 3.05) is 19.6 Å². The van der Waals surface area contributed by atoms with Crippen LogP contribution in [0.25, 0.3) is 0 Å². The van der Waals surface area contributed by atoms with E-state index in [-0.39, 0.29) is 0 Å². The minimum absolute atomic E-state index is 0.336. The molecule has 2 N–H and O–H groups in total. The Morgan fingerprint density at radius 1 is 1.29 bits per heavy atom. The number of carbonyl (C=O) groups excluding carboxylic acids is 1. The van der Waals surface area contributed by atoms with Crippen LogP contribution >= 0.6 is 0 Å². The monoisotopic (exact) mass is 236 g/mol. The average Bonchev–Trinajstić information content (AvgIpc) is 3.24. The first-order chi connectivity index (χ1) is 8.30. The Labute approximate surface area is 104 Å². The van der Waals surface area contributed by atoms with E-state index in [9.17, 15) is 4.79 Å². The summed E-state index contributed by atoms with van der Waals surface area (Å²) in [7, 11) is 0. The van der Waals surface area contributed by atoms with Crippen molar-refractivity contribution in [1.82, 2.24) is 10.6 Å². The third-order valence-corrected chi connectivity index (χ3v) is 4.89. The predicted molar refractivity (Wildman–Crippen MR) is 67.6 cm³/mol. The van der Waals surface area contributed by atoms with Crippen LogP contribution < -0.4 is 10.6 Å². The van der Waals surface area contributed by atoms with Crippen LogP contribution in [0.4, 0.5) is 0 Å². The Kier molecular flexibility index (Phi) is 3.12. The zero-order valence-electron chi connectivity index (χ0n) is 10.6. The maximum absolute atomic E-state index is 12.0. The van der Waals surface area contributed by atoms with Gasteiger partial charge in [0.2, 0.25) is 5.91 Å². The number of rotatable bonds is 5. The number of piperidine rings is 1. The summed E-state index contributed by atoms with van der Waals surface area (Å²) in [5.41, 5.74) is 0.395. The van der Waals surface area contributed by atoms with Crippen molar-refractivity contribution >= 4 is 5.91 Å². The van der Waals surface area contributed by atoms with Gasteiger partial charge in [-0.2, -0.15) is 0 Å². The Bertz CT molecular complexity index is 293. The van der Waals surface area contributed by atoms with Crippen LogP contribution in [-0.4, -0.2) is 25.5 Å². The van der Waals surface area contributed by atoms with Gasteiger partial charge in [-0.05, 0) is 56.5 Å². The summed E-state index contributed by atoms with van der Waals surface area (Å²) in [5.74, 6) is 1.66. The van der Waals surface area contributed by atoms with E-state index in [2.05, 4.69) is 10.6 Å². The van der Waals surface area contributed by atoms with Crippen molar-refractivity contribution in [2.24, 2.45) is 17.3 Å². The SMILES string of the molecule is O=C(NCCCC1CC1)C1CC12CCNCC2. The molecule has 0 aromatic rings. The first kappa shape index (κ1) is 11.5. The standard InChI is InChI=1S/C14H24N2O/c17-13(16-7-1-2-11-3-4-11)12-10-14(12)5-8-15-9-6-14/h11-12,15H,1-10H2,(H,16,17). The van der Waals surface area contributed by atoms with Gasteiger partial charge in [0.1, 0.15) is 0 Å². The summed E-state index contributed by atoms with van der Waals surface area (Å²) in [6.45, 7) is 3.11. The second-order valence-corrected chi connectivity index (χ2v) is 6.25. The van der Waals surface area contributed by atoms with Gasteiger partial charge in [-0.25, -0.2) is 0 Å². The van der Waals surface area contributed by atoms with Crippen LogP contribution in [0.15, 0.2) is 0 Å². The van der Waals surface area contributed by atoms with E-state index in [1.807, 2.05) is 0 Å². The summed E-state index contributed by atoms with van der Waals surface area (Å²) in [6.07, 6.45) is 8.89. The normalized spacial score (nSPS) is 30.2. The van der Waals surface area contributed by atoms with Crippen molar-refractivity contribution < 1.29 is 4.79 Å². The predicted octanol–water partition coefficient (Wildman–Crippen LogP) is 1.68. The number of amides is 1. The zero-order valence-corrected chi connectivity index (χ0v) is 10.6. The lowest BCUT2D eigenvalue weighted by Gasteiger charge is -2.23. The molecule has 2 saturated carbocycles. The molecule has 3 aliphatic rings. The minimum Gasteiger partial charge on any atom is -0.356 e. The molecule has 3 heteroatoms. The van der Waals surface area contributed by atoms with Gasteiger partial charge in [-0.1, -0.05) is 12.8 Å². The first-order valence-electron chi connectivity index (χ1n) is 7.29. The topological polar surface area (TPSA) is 41.1 Å². The minimum atomic E-state index is 0.336. The van der Waals surface area contributed by atoms with Crippen LogP contribution in [0.2, 0.25) is 0 Å². The fraction of sp³-hybridized carbons (Fsp3) is 0.929. The molecule has 1 atom stereocenters. The summed E-state index contributed by atoms with van der Waals surface area (Å²) >= 11 is 0. The van der Waals surface area contributed by atoms with E-state index in [4.69, 9.17) is 0 Å². The molecule has 1 aliphatic heterocycles. The molecule has 0 aromatic heterocycles. The maximum atomic E-state index is 12.0. The summed E-state index contributed by atoms with van der Waals surface area (Å²) in [6, 6.07) is 0. The average molecular weight is 236 g/mol. The van der Waals surface area contributed by atoms with Crippen molar-refractivity contribution in [3.63, 3.8) is 0 Å². The molecule has 96 valence electrons. The molecule has 1 saturated heterocycles. The molecule has 1 heterocycles.